The van der Waals surface area contributed by atoms with Crippen LogP contribution >= 0.6 is 0 Å². The van der Waals surface area contributed by atoms with E-state index in [4.69, 9.17) is 0 Å². The van der Waals surface area contributed by atoms with Crippen LogP contribution in [-0.4, -0.2) is 0 Å². The molecule has 21 heavy (non-hydrogen) atoms. The summed E-state index contributed by atoms with van der Waals surface area (Å²) in [6.45, 7) is 4.56. The van der Waals surface area contributed by atoms with Crippen molar-refractivity contribution in [1.29, 1.82) is 0 Å². The van der Waals surface area contributed by atoms with Gasteiger partial charge in [-0.05, 0) is 49.1 Å². The highest BCUT2D eigenvalue weighted by atomic mass is 14.3. The Kier molecular flexibility index (Phi) is 2.78. The molecule has 1 aliphatic carbocycles. The van der Waals surface area contributed by atoms with Crippen LogP contribution < -0.4 is 0 Å². The average Bonchev–Trinajstić information content (AvgIpc) is 2.55. The number of hydrogen-bond donors (Lipinski definition) is 0. The second-order valence-corrected chi connectivity index (χ2v) is 5.92. The summed E-state index contributed by atoms with van der Waals surface area (Å²) in [6.07, 6.45) is 1.14. The molecule has 3 aromatic rings. The van der Waals surface area contributed by atoms with Crippen LogP contribution in [0.1, 0.15) is 48.4 Å². The Morgan fingerprint density at radius 1 is 0.857 bits per heavy atom. The molecule has 1 aliphatic rings. The third kappa shape index (κ3) is 1.72. The van der Waals surface area contributed by atoms with Gasteiger partial charge in [0.1, 0.15) is 0 Å². The Morgan fingerprint density at radius 2 is 1.62 bits per heavy atom. The smallest absolute Gasteiger partial charge is 0.0631 e. The predicted octanol–water partition coefficient (Wildman–Crippen LogP) is 5.69. The molecule has 0 bridgehead atoms. The van der Waals surface area contributed by atoms with Gasteiger partial charge in [-0.25, -0.2) is 0 Å². The lowest BCUT2D eigenvalue weighted by Gasteiger charge is -2.27. The van der Waals surface area contributed by atoms with E-state index in [-0.39, 0.29) is 0 Å². The first-order valence-electron chi connectivity index (χ1n) is 7.76. The van der Waals surface area contributed by atoms with E-state index in [0.29, 0.717) is 5.92 Å². The van der Waals surface area contributed by atoms with Gasteiger partial charge in [0.25, 0.3) is 0 Å². The first kappa shape index (κ1) is 12.5. The van der Waals surface area contributed by atoms with Crippen molar-refractivity contribution >= 4 is 10.8 Å². The van der Waals surface area contributed by atoms with Gasteiger partial charge in [-0.15, -0.1) is 0 Å². The maximum atomic E-state index is 2.31. The van der Waals surface area contributed by atoms with E-state index >= 15 is 0 Å². The van der Waals surface area contributed by atoms with Gasteiger partial charge in [0.2, 0.25) is 0 Å². The topological polar surface area (TPSA) is 0 Å². The largest absolute Gasteiger partial charge is 0.0804 e. The van der Waals surface area contributed by atoms with Crippen LogP contribution in [0.4, 0.5) is 0 Å². The molecular weight excluding hydrogens is 252 g/mol. The average molecular weight is 271 g/mol. The van der Waals surface area contributed by atoms with Gasteiger partial charge in [0, 0.05) is 34.6 Å². The molecule has 0 aliphatic heterocycles. The molecule has 0 saturated heterocycles. The molecule has 0 spiro atoms. The molecular formula is C21H19+. The summed E-state index contributed by atoms with van der Waals surface area (Å²) in [6, 6.07) is 22.3. The van der Waals surface area contributed by atoms with Gasteiger partial charge >= 0.3 is 0 Å². The van der Waals surface area contributed by atoms with Crippen molar-refractivity contribution in [2.24, 2.45) is 0 Å². The third-order valence-electron chi connectivity index (χ3n) is 4.87. The van der Waals surface area contributed by atoms with Crippen molar-refractivity contribution in [1.82, 2.24) is 0 Å². The van der Waals surface area contributed by atoms with E-state index < -0.39 is 0 Å². The summed E-state index contributed by atoms with van der Waals surface area (Å²) in [4.78, 5) is 0. The zero-order chi connectivity index (χ0) is 14.4. The number of rotatable bonds is 1. The molecule has 1 unspecified atom stereocenters. The van der Waals surface area contributed by atoms with E-state index in [1.807, 2.05) is 0 Å². The molecule has 0 heteroatoms. The van der Waals surface area contributed by atoms with E-state index in [1.54, 1.807) is 0 Å². The zero-order valence-corrected chi connectivity index (χ0v) is 12.6. The highest BCUT2D eigenvalue weighted by molar-refractivity contribution is 5.89. The second kappa shape index (κ2) is 4.66. The lowest BCUT2D eigenvalue weighted by Crippen LogP contribution is -2.17. The van der Waals surface area contributed by atoms with E-state index in [9.17, 15) is 0 Å². The molecule has 0 N–H and O–H groups in total. The number of benzene rings is 3. The predicted molar refractivity (Wildman–Crippen MR) is 89.6 cm³/mol. The second-order valence-electron chi connectivity index (χ2n) is 5.92. The van der Waals surface area contributed by atoms with Gasteiger partial charge in [-0.3, -0.25) is 0 Å². The molecule has 0 heterocycles. The maximum Gasteiger partial charge on any atom is 0.0804 e. The summed E-state index contributed by atoms with van der Waals surface area (Å²) in [5, 5.41) is 2.76. The Hall–Kier alpha value is -2.21. The molecule has 0 aromatic heterocycles. The van der Waals surface area contributed by atoms with Crippen molar-refractivity contribution in [2.75, 3.05) is 0 Å². The zero-order valence-electron chi connectivity index (χ0n) is 12.6. The minimum absolute atomic E-state index is 0.506. The van der Waals surface area contributed by atoms with E-state index in [0.717, 1.165) is 6.42 Å². The van der Waals surface area contributed by atoms with Gasteiger partial charge in [0.05, 0.1) is 17.0 Å². The van der Waals surface area contributed by atoms with Gasteiger partial charge in [-0.2, -0.15) is 0 Å². The molecule has 1 atom stereocenters. The van der Waals surface area contributed by atoms with E-state index in [1.165, 1.54) is 38.9 Å². The molecule has 0 fully saturated rings. The minimum atomic E-state index is 0.506. The summed E-state index contributed by atoms with van der Waals surface area (Å²) in [5.41, 5.74) is 5.86. The monoisotopic (exact) mass is 271 g/mol. The van der Waals surface area contributed by atoms with Gasteiger partial charge < -0.3 is 0 Å². The standard InChI is InChI=1S/C21H19/c1-3-16-20-11-7-6-9-17(20)14(2)18-13-12-15-8-4-5-10-19(15)21(16)18/h4-13,16H,3H2,1-2H3/q+1. The van der Waals surface area contributed by atoms with Crippen molar-refractivity contribution in [2.45, 2.75) is 26.2 Å². The summed E-state index contributed by atoms with van der Waals surface area (Å²) < 4.78 is 0. The highest BCUT2D eigenvalue weighted by Crippen LogP contribution is 2.46. The lowest BCUT2D eigenvalue weighted by molar-refractivity contribution is 0.752. The fourth-order valence-corrected chi connectivity index (χ4v) is 3.87. The van der Waals surface area contributed by atoms with E-state index in [2.05, 4.69) is 74.5 Å². The Bertz CT molecular complexity index is 813. The van der Waals surface area contributed by atoms with Crippen molar-refractivity contribution in [3.05, 3.63) is 88.8 Å². The van der Waals surface area contributed by atoms with Crippen LogP contribution in [-0.2, 0) is 0 Å². The molecule has 4 rings (SSSR count). The van der Waals surface area contributed by atoms with Crippen LogP contribution in [0.15, 0.2) is 60.7 Å². The third-order valence-corrected chi connectivity index (χ3v) is 4.87. The minimum Gasteiger partial charge on any atom is -0.0631 e. The van der Waals surface area contributed by atoms with Crippen LogP contribution in [0.25, 0.3) is 10.8 Å². The lowest BCUT2D eigenvalue weighted by atomic mass is 9.71. The number of hydrogen-bond acceptors (Lipinski definition) is 0. The fourth-order valence-electron chi connectivity index (χ4n) is 3.87. The van der Waals surface area contributed by atoms with Crippen molar-refractivity contribution < 1.29 is 0 Å². The van der Waals surface area contributed by atoms with Gasteiger partial charge in [-0.1, -0.05) is 25.1 Å². The van der Waals surface area contributed by atoms with Crippen molar-refractivity contribution in [3.63, 3.8) is 0 Å². The quantitative estimate of drug-likeness (QED) is 0.499. The molecule has 102 valence electrons. The molecule has 3 aromatic carbocycles. The Balaban J connectivity index is 2.08. The first-order valence-corrected chi connectivity index (χ1v) is 7.76. The Morgan fingerprint density at radius 3 is 2.48 bits per heavy atom. The number of fused-ring (bicyclic) bond motifs is 4. The fraction of sp³-hybridized carbons (Fsp3) is 0.190. The molecule has 0 nitrogen and oxygen atoms in total. The normalized spacial score (nSPS) is 16.7. The van der Waals surface area contributed by atoms with Crippen LogP contribution in [0.3, 0.4) is 0 Å². The molecule has 0 saturated carbocycles. The van der Waals surface area contributed by atoms with Crippen LogP contribution in [0, 0.1) is 5.92 Å². The van der Waals surface area contributed by atoms with Crippen LogP contribution in [0.2, 0.25) is 0 Å². The van der Waals surface area contributed by atoms with Gasteiger partial charge in [0.15, 0.2) is 0 Å². The first-order chi connectivity index (χ1) is 10.3. The molecule has 0 amide bonds. The molecule has 0 radical (unpaired) electrons. The Labute approximate surface area is 126 Å². The van der Waals surface area contributed by atoms with Crippen molar-refractivity contribution in [3.8, 4) is 0 Å². The van der Waals surface area contributed by atoms with Crippen LogP contribution in [0.5, 0.6) is 0 Å². The summed E-state index contributed by atoms with van der Waals surface area (Å²) in [5.74, 6) is 1.92. The highest BCUT2D eigenvalue weighted by Gasteiger charge is 2.36. The maximum absolute atomic E-state index is 2.31. The summed E-state index contributed by atoms with van der Waals surface area (Å²) in [7, 11) is 0. The summed E-state index contributed by atoms with van der Waals surface area (Å²) >= 11 is 0. The SMILES string of the molecule is CCC1c2ccccc2[C+](C)c2ccc3ccccc3c21.